The Bertz CT molecular complexity index is 615. The molecule has 0 aliphatic rings. The highest BCUT2D eigenvalue weighted by Gasteiger charge is 2.19. The molecule has 1 heterocycles. The Labute approximate surface area is 119 Å². The van der Waals surface area contributed by atoms with Gasteiger partial charge in [-0.05, 0) is 30.5 Å². The third-order valence-corrected chi connectivity index (χ3v) is 3.29. The molecule has 4 heteroatoms. The second kappa shape index (κ2) is 5.90. The van der Waals surface area contributed by atoms with Crippen LogP contribution < -0.4 is 5.32 Å². The van der Waals surface area contributed by atoms with Gasteiger partial charge in [-0.25, -0.2) is 0 Å². The zero-order valence-corrected chi connectivity index (χ0v) is 12.4. The summed E-state index contributed by atoms with van der Waals surface area (Å²) in [6, 6.07) is 7.89. The molecular weight excluding hydrogens is 252 g/mol. The smallest absolute Gasteiger partial charge is 0.261 e. The number of rotatable bonds is 4. The van der Waals surface area contributed by atoms with Crippen LogP contribution in [0.3, 0.4) is 0 Å². The average Bonchev–Trinajstić information content (AvgIpc) is 2.80. The molecule has 0 spiro atoms. The molecule has 4 nitrogen and oxygen atoms in total. The van der Waals surface area contributed by atoms with Crippen molar-refractivity contribution in [2.45, 2.75) is 40.0 Å². The summed E-state index contributed by atoms with van der Waals surface area (Å²) in [6.45, 7) is 7.97. The highest BCUT2D eigenvalue weighted by molar-refractivity contribution is 6.05. The Balaban J connectivity index is 2.23. The van der Waals surface area contributed by atoms with Gasteiger partial charge in [0.15, 0.2) is 0 Å². The minimum atomic E-state index is -0.165. The quantitative estimate of drug-likeness (QED) is 0.917. The van der Waals surface area contributed by atoms with Crippen LogP contribution in [0.15, 0.2) is 28.8 Å². The lowest BCUT2D eigenvalue weighted by Gasteiger charge is -2.09. The van der Waals surface area contributed by atoms with Gasteiger partial charge in [-0.1, -0.05) is 38.1 Å². The van der Waals surface area contributed by atoms with Gasteiger partial charge in [-0.3, -0.25) is 4.79 Å². The van der Waals surface area contributed by atoms with Gasteiger partial charge in [0.05, 0.1) is 5.69 Å². The summed E-state index contributed by atoms with van der Waals surface area (Å²) in [6.07, 6.45) is 0.648. The van der Waals surface area contributed by atoms with E-state index in [-0.39, 0.29) is 5.91 Å². The van der Waals surface area contributed by atoms with Crippen LogP contribution in [0, 0.1) is 6.92 Å². The molecule has 0 saturated heterocycles. The zero-order valence-electron chi connectivity index (χ0n) is 12.4. The highest BCUT2D eigenvalue weighted by atomic mass is 16.5. The van der Waals surface area contributed by atoms with Crippen molar-refractivity contribution in [1.82, 2.24) is 5.16 Å². The van der Waals surface area contributed by atoms with Crippen LogP contribution in [0.1, 0.15) is 54.1 Å². The third kappa shape index (κ3) is 2.90. The lowest BCUT2D eigenvalue weighted by molar-refractivity contribution is 0.102. The Hall–Kier alpha value is -2.10. The molecule has 2 aromatic rings. The number of aromatic nitrogens is 1. The molecule has 20 heavy (non-hydrogen) atoms. The Morgan fingerprint density at radius 1 is 1.40 bits per heavy atom. The van der Waals surface area contributed by atoms with E-state index in [9.17, 15) is 4.79 Å². The van der Waals surface area contributed by atoms with Gasteiger partial charge in [-0.15, -0.1) is 0 Å². The number of carbonyl (C=O) groups is 1. The first-order chi connectivity index (χ1) is 9.52. The Morgan fingerprint density at radius 2 is 2.15 bits per heavy atom. The number of carbonyl (C=O) groups excluding carboxylic acids is 1. The molecule has 0 aliphatic carbocycles. The molecule has 106 valence electrons. The first-order valence-corrected chi connectivity index (χ1v) is 6.89. The first kappa shape index (κ1) is 14.3. The van der Waals surface area contributed by atoms with E-state index in [1.54, 1.807) is 6.92 Å². The third-order valence-electron chi connectivity index (χ3n) is 3.29. The van der Waals surface area contributed by atoms with E-state index in [1.165, 1.54) is 5.56 Å². The number of nitrogens with zero attached hydrogens (tertiary/aromatic N) is 1. The van der Waals surface area contributed by atoms with Crippen molar-refractivity contribution in [1.29, 1.82) is 0 Å². The molecular formula is C16H20N2O2. The van der Waals surface area contributed by atoms with Gasteiger partial charge in [0.2, 0.25) is 0 Å². The maximum absolute atomic E-state index is 12.3. The summed E-state index contributed by atoms with van der Waals surface area (Å²) in [5.41, 5.74) is 3.16. The van der Waals surface area contributed by atoms with Crippen molar-refractivity contribution in [3.63, 3.8) is 0 Å². The lowest BCUT2D eigenvalue weighted by Crippen LogP contribution is -2.14. The number of benzene rings is 1. The van der Waals surface area contributed by atoms with E-state index in [0.29, 0.717) is 29.4 Å². The topological polar surface area (TPSA) is 55.1 Å². The molecule has 1 aromatic heterocycles. The van der Waals surface area contributed by atoms with Gasteiger partial charge in [0.1, 0.15) is 11.3 Å². The number of hydrogen-bond donors (Lipinski definition) is 1. The second-order valence-electron chi connectivity index (χ2n) is 5.15. The summed E-state index contributed by atoms with van der Waals surface area (Å²) in [5, 5.41) is 6.78. The monoisotopic (exact) mass is 272 g/mol. The van der Waals surface area contributed by atoms with Gasteiger partial charge in [-0.2, -0.15) is 0 Å². The number of amides is 1. The van der Waals surface area contributed by atoms with Crippen LogP contribution >= 0.6 is 0 Å². The maximum atomic E-state index is 12.3. The number of aryl methyl sites for hydroxylation is 2. The summed E-state index contributed by atoms with van der Waals surface area (Å²) in [7, 11) is 0. The number of hydrogen-bond acceptors (Lipinski definition) is 3. The fourth-order valence-electron chi connectivity index (χ4n) is 2.12. The van der Waals surface area contributed by atoms with E-state index >= 15 is 0 Å². The SMILES string of the molecule is CCc1onc(C)c1C(=O)Nc1cccc(C(C)C)c1. The van der Waals surface area contributed by atoms with Crippen LogP contribution in [0.5, 0.6) is 0 Å². The van der Waals surface area contributed by atoms with Crippen LogP contribution in [-0.2, 0) is 6.42 Å². The molecule has 0 aliphatic heterocycles. The molecule has 1 aromatic carbocycles. The van der Waals surface area contributed by atoms with Crippen molar-refractivity contribution in [2.24, 2.45) is 0 Å². The molecule has 2 rings (SSSR count). The summed E-state index contributed by atoms with van der Waals surface area (Å²) >= 11 is 0. The predicted octanol–water partition coefficient (Wildman–Crippen LogP) is 3.92. The van der Waals surface area contributed by atoms with Gasteiger partial charge < -0.3 is 9.84 Å². The lowest BCUT2D eigenvalue weighted by atomic mass is 10.0. The maximum Gasteiger partial charge on any atom is 0.261 e. The number of anilines is 1. The summed E-state index contributed by atoms with van der Waals surface area (Å²) in [5.74, 6) is 0.886. The van der Waals surface area contributed by atoms with E-state index in [1.807, 2.05) is 25.1 Å². The molecule has 0 radical (unpaired) electrons. The standard InChI is InChI=1S/C16H20N2O2/c1-5-14-15(11(4)18-20-14)16(19)17-13-8-6-7-12(9-13)10(2)3/h6-10H,5H2,1-4H3,(H,17,19). The van der Waals surface area contributed by atoms with Gasteiger partial charge in [0.25, 0.3) is 5.91 Å². The molecule has 0 fully saturated rings. The summed E-state index contributed by atoms with van der Waals surface area (Å²) in [4.78, 5) is 12.3. The fraction of sp³-hybridized carbons (Fsp3) is 0.375. The van der Waals surface area contributed by atoms with Gasteiger partial charge >= 0.3 is 0 Å². The average molecular weight is 272 g/mol. The van der Waals surface area contributed by atoms with Gasteiger partial charge in [0, 0.05) is 12.1 Å². The van der Waals surface area contributed by atoms with Crippen LogP contribution in [-0.4, -0.2) is 11.1 Å². The molecule has 0 saturated carbocycles. The minimum Gasteiger partial charge on any atom is -0.360 e. The van der Waals surface area contributed by atoms with Crippen LogP contribution in [0.25, 0.3) is 0 Å². The second-order valence-corrected chi connectivity index (χ2v) is 5.15. The molecule has 1 amide bonds. The van der Waals surface area contributed by atoms with Crippen molar-refractivity contribution in [2.75, 3.05) is 5.32 Å². The van der Waals surface area contributed by atoms with E-state index in [2.05, 4.69) is 30.4 Å². The van der Waals surface area contributed by atoms with E-state index < -0.39 is 0 Å². The van der Waals surface area contributed by atoms with Crippen LogP contribution in [0.4, 0.5) is 5.69 Å². The predicted molar refractivity (Wildman–Crippen MR) is 79.1 cm³/mol. The largest absolute Gasteiger partial charge is 0.360 e. The fourth-order valence-corrected chi connectivity index (χ4v) is 2.12. The summed E-state index contributed by atoms with van der Waals surface area (Å²) < 4.78 is 5.15. The van der Waals surface area contributed by atoms with Crippen LogP contribution in [0.2, 0.25) is 0 Å². The first-order valence-electron chi connectivity index (χ1n) is 6.89. The number of nitrogens with one attached hydrogen (secondary N) is 1. The van der Waals surface area contributed by atoms with E-state index in [4.69, 9.17) is 4.52 Å². The van der Waals surface area contributed by atoms with E-state index in [0.717, 1.165) is 5.69 Å². The van der Waals surface area contributed by atoms with Crippen molar-refractivity contribution in [3.05, 3.63) is 46.8 Å². The normalized spacial score (nSPS) is 10.8. The Kier molecular flexibility index (Phi) is 4.23. The minimum absolute atomic E-state index is 0.165. The van der Waals surface area contributed by atoms with Crippen molar-refractivity contribution >= 4 is 11.6 Å². The van der Waals surface area contributed by atoms with Crippen molar-refractivity contribution in [3.8, 4) is 0 Å². The zero-order chi connectivity index (χ0) is 14.7. The Morgan fingerprint density at radius 3 is 2.80 bits per heavy atom. The highest BCUT2D eigenvalue weighted by Crippen LogP contribution is 2.20. The van der Waals surface area contributed by atoms with Crippen molar-refractivity contribution < 1.29 is 9.32 Å². The molecule has 0 bridgehead atoms. The molecule has 0 unspecified atom stereocenters. The molecule has 0 atom stereocenters. The molecule has 1 N–H and O–H groups in total.